The zero-order chi connectivity index (χ0) is 22.2. The van der Waals surface area contributed by atoms with Crippen molar-refractivity contribution in [2.24, 2.45) is 0 Å². The van der Waals surface area contributed by atoms with Crippen molar-refractivity contribution >= 4 is 10.9 Å². The number of fused-ring (bicyclic) bond motifs is 1. The average Bonchev–Trinajstić information content (AvgIpc) is 3.37. The predicted molar refractivity (Wildman–Crippen MR) is 120 cm³/mol. The summed E-state index contributed by atoms with van der Waals surface area (Å²) in [5.41, 5.74) is 3.62. The van der Waals surface area contributed by atoms with Crippen LogP contribution in [0.25, 0.3) is 10.9 Å². The van der Waals surface area contributed by atoms with Gasteiger partial charge in [-0.05, 0) is 75.1 Å². The number of aromatic nitrogens is 5. The molecule has 3 heterocycles. The van der Waals surface area contributed by atoms with Crippen molar-refractivity contribution in [1.82, 2.24) is 30.1 Å². The minimum absolute atomic E-state index is 0.0473. The van der Waals surface area contributed by atoms with Gasteiger partial charge in [0.1, 0.15) is 0 Å². The predicted octanol–water partition coefficient (Wildman–Crippen LogP) is 3.07. The number of H-pyrrole nitrogens is 1. The lowest BCUT2D eigenvalue weighted by atomic mass is 10.0. The summed E-state index contributed by atoms with van der Waals surface area (Å²) in [6.07, 6.45) is 2.28. The number of rotatable bonds is 6. The molecule has 3 aromatic rings. The van der Waals surface area contributed by atoms with Crippen molar-refractivity contribution in [3.8, 4) is 0 Å². The molecule has 1 aliphatic heterocycles. The monoisotopic (exact) mass is 424 g/mol. The summed E-state index contributed by atoms with van der Waals surface area (Å²) in [5.74, 6) is 0.787. The Morgan fingerprint density at radius 3 is 2.71 bits per heavy atom. The molecule has 8 heteroatoms. The van der Waals surface area contributed by atoms with Gasteiger partial charge >= 0.3 is 0 Å². The van der Waals surface area contributed by atoms with E-state index in [0.717, 1.165) is 59.4 Å². The van der Waals surface area contributed by atoms with E-state index >= 15 is 0 Å². The number of hydrogen-bond acceptors (Lipinski definition) is 6. The molecule has 0 radical (unpaired) electrons. The second kappa shape index (κ2) is 8.51. The second-order valence-electron chi connectivity index (χ2n) is 9.59. The number of pyridine rings is 1. The number of benzene rings is 1. The summed E-state index contributed by atoms with van der Waals surface area (Å²) >= 11 is 0. The molecule has 1 atom stereocenters. The molecule has 0 saturated carbocycles. The molecule has 1 unspecified atom stereocenters. The van der Waals surface area contributed by atoms with Crippen molar-refractivity contribution in [2.75, 3.05) is 13.2 Å². The van der Waals surface area contributed by atoms with Gasteiger partial charge < -0.3 is 9.72 Å². The van der Waals surface area contributed by atoms with Crippen molar-refractivity contribution in [1.29, 1.82) is 0 Å². The van der Waals surface area contributed by atoms with Gasteiger partial charge in [0.15, 0.2) is 5.82 Å². The fourth-order valence-corrected chi connectivity index (χ4v) is 4.26. The van der Waals surface area contributed by atoms with Crippen LogP contribution in [0.4, 0.5) is 0 Å². The molecule has 0 bridgehead atoms. The van der Waals surface area contributed by atoms with E-state index in [4.69, 9.17) is 4.74 Å². The highest BCUT2D eigenvalue weighted by molar-refractivity contribution is 5.85. The maximum Gasteiger partial charge on any atom is 0.252 e. The van der Waals surface area contributed by atoms with E-state index in [1.807, 2.05) is 23.7 Å². The molecule has 31 heavy (non-hydrogen) atoms. The highest BCUT2D eigenvalue weighted by Gasteiger charge is 2.25. The molecule has 1 fully saturated rings. The fourth-order valence-electron chi connectivity index (χ4n) is 4.26. The van der Waals surface area contributed by atoms with Gasteiger partial charge in [0.2, 0.25) is 0 Å². The Morgan fingerprint density at radius 2 is 2.00 bits per heavy atom. The first-order valence-electron chi connectivity index (χ1n) is 11.0. The third-order valence-electron chi connectivity index (χ3n) is 5.93. The van der Waals surface area contributed by atoms with E-state index in [9.17, 15) is 4.79 Å². The summed E-state index contributed by atoms with van der Waals surface area (Å²) in [7, 11) is 0. The summed E-state index contributed by atoms with van der Waals surface area (Å²) in [6, 6.07) is 6.18. The molecular formula is C23H32N6O2. The van der Waals surface area contributed by atoms with Gasteiger partial charge in [0.05, 0.1) is 23.7 Å². The summed E-state index contributed by atoms with van der Waals surface area (Å²) in [5, 5.41) is 13.4. The maximum atomic E-state index is 12.9. The van der Waals surface area contributed by atoms with Crippen LogP contribution in [0.15, 0.2) is 23.0 Å². The zero-order valence-corrected chi connectivity index (χ0v) is 19.1. The van der Waals surface area contributed by atoms with Gasteiger partial charge in [-0.15, -0.1) is 5.10 Å². The molecular weight excluding hydrogens is 392 g/mol. The van der Waals surface area contributed by atoms with E-state index in [2.05, 4.69) is 59.2 Å². The van der Waals surface area contributed by atoms with Crippen LogP contribution in [-0.4, -0.2) is 49.3 Å². The van der Waals surface area contributed by atoms with E-state index in [1.165, 1.54) is 0 Å². The largest absolute Gasteiger partial charge is 0.377 e. The number of ether oxygens (including phenoxy) is 1. The Balaban J connectivity index is 1.66. The van der Waals surface area contributed by atoms with E-state index in [0.29, 0.717) is 13.1 Å². The maximum absolute atomic E-state index is 12.9. The average molecular weight is 425 g/mol. The van der Waals surface area contributed by atoms with Crippen molar-refractivity contribution < 1.29 is 4.74 Å². The summed E-state index contributed by atoms with van der Waals surface area (Å²) < 4.78 is 7.74. The van der Waals surface area contributed by atoms with Crippen LogP contribution >= 0.6 is 0 Å². The molecule has 0 aliphatic carbocycles. The smallest absolute Gasteiger partial charge is 0.252 e. The van der Waals surface area contributed by atoms with Gasteiger partial charge in [0.25, 0.3) is 5.56 Å². The molecule has 1 saturated heterocycles. The van der Waals surface area contributed by atoms with Gasteiger partial charge in [-0.25, -0.2) is 4.68 Å². The van der Waals surface area contributed by atoms with Gasteiger partial charge in [-0.2, -0.15) is 0 Å². The molecule has 166 valence electrons. The van der Waals surface area contributed by atoms with Crippen LogP contribution in [-0.2, 0) is 23.4 Å². The van der Waals surface area contributed by atoms with Crippen LogP contribution in [0, 0.1) is 13.8 Å². The minimum atomic E-state index is -0.219. The Kier molecular flexibility index (Phi) is 5.94. The Bertz CT molecular complexity index is 1120. The molecule has 0 spiro atoms. The normalized spacial score (nSPS) is 17.2. The third kappa shape index (κ3) is 4.70. The van der Waals surface area contributed by atoms with E-state index in [1.54, 1.807) is 0 Å². The zero-order valence-electron chi connectivity index (χ0n) is 19.1. The highest BCUT2D eigenvalue weighted by Crippen LogP contribution is 2.22. The van der Waals surface area contributed by atoms with Crippen LogP contribution in [0.5, 0.6) is 0 Å². The first-order valence-corrected chi connectivity index (χ1v) is 11.0. The van der Waals surface area contributed by atoms with Gasteiger partial charge in [0, 0.05) is 30.6 Å². The molecule has 1 N–H and O–H groups in total. The first-order chi connectivity index (χ1) is 14.7. The number of nitrogens with zero attached hydrogens (tertiary/aromatic N) is 5. The first kappa shape index (κ1) is 21.6. The molecule has 2 aromatic heterocycles. The molecule has 1 aromatic carbocycles. The van der Waals surface area contributed by atoms with E-state index in [-0.39, 0.29) is 17.2 Å². The number of aromatic amines is 1. The lowest BCUT2D eigenvalue weighted by molar-refractivity contribution is 0.0657. The quantitative estimate of drug-likeness (QED) is 0.654. The number of aryl methyl sites for hydroxylation is 2. The van der Waals surface area contributed by atoms with Crippen LogP contribution < -0.4 is 5.56 Å². The SMILES string of the molecule is Cc1ccc(C)c2[nH]c(=O)c(CN(Cc3nnnn3C(C)(C)C)CC3CCCO3)cc12. The second-order valence-corrected chi connectivity index (χ2v) is 9.59. The Hall–Kier alpha value is -2.58. The minimum Gasteiger partial charge on any atom is -0.377 e. The third-order valence-corrected chi connectivity index (χ3v) is 5.93. The van der Waals surface area contributed by atoms with Crippen LogP contribution in [0.1, 0.15) is 56.1 Å². The standard InChI is InChI=1S/C23H32N6O2/c1-15-8-9-16(2)21-19(15)11-17(22(30)24-21)12-28(13-18-7-6-10-31-18)14-20-25-26-27-29(20)23(3,4)5/h8-9,11,18H,6-7,10,12-14H2,1-5H3,(H,24,30). The topological polar surface area (TPSA) is 88.9 Å². The molecule has 8 nitrogen and oxygen atoms in total. The van der Waals surface area contributed by atoms with Gasteiger partial charge in [-0.1, -0.05) is 12.1 Å². The van der Waals surface area contributed by atoms with Crippen molar-refractivity contribution in [3.05, 3.63) is 51.1 Å². The highest BCUT2D eigenvalue weighted by atomic mass is 16.5. The lowest BCUT2D eigenvalue weighted by Gasteiger charge is -2.26. The summed E-state index contributed by atoms with van der Waals surface area (Å²) in [4.78, 5) is 18.3. The van der Waals surface area contributed by atoms with Gasteiger partial charge in [-0.3, -0.25) is 9.69 Å². The van der Waals surface area contributed by atoms with Crippen LogP contribution in [0.2, 0.25) is 0 Å². The number of nitrogens with one attached hydrogen (secondary N) is 1. The number of hydrogen-bond donors (Lipinski definition) is 1. The molecule has 4 rings (SSSR count). The molecule has 1 aliphatic rings. The lowest BCUT2D eigenvalue weighted by Crippen LogP contribution is -2.35. The van der Waals surface area contributed by atoms with E-state index < -0.39 is 0 Å². The summed E-state index contributed by atoms with van der Waals surface area (Å²) in [6.45, 7) is 12.9. The van der Waals surface area contributed by atoms with Crippen LogP contribution in [0.3, 0.4) is 0 Å². The Morgan fingerprint density at radius 1 is 1.23 bits per heavy atom. The van der Waals surface area contributed by atoms with Crippen molar-refractivity contribution in [2.45, 2.75) is 72.2 Å². The fraction of sp³-hybridized carbons (Fsp3) is 0.565. The molecule has 0 amide bonds. The number of tetrazole rings is 1. The van der Waals surface area contributed by atoms with Crippen molar-refractivity contribution in [3.63, 3.8) is 0 Å². The Labute approximate surface area is 182 Å².